The van der Waals surface area contributed by atoms with Gasteiger partial charge in [0.1, 0.15) is 5.75 Å². The maximum absolute atomic E-state index is 6.09. The smallest absolute Gasteiger partial charge is 0.134 e. The molecule has 0 radical (unpaired) electrons. The van der Waals surface area contributed by atoms with E-state index in [0.29, 0.717) is 0 Å². The Morgan fingerprint density at radius 1 is 0.960 bits per heavy atom. The molecule has 0 unspecified atom stereocenters. The highest BCUT2D eigenvalue weighted by molar-refractivity contribution is 9.10. The number of thiophene rings is 1. The van der Waals surface area contributed by atoms with E-state index in [9.17, 15) is 0 Å². The molecule has 1 heterocycles. The summed E-state index contributed by atoms with van der Waals surface area (Å²) in [4.78, 5) is 0. The van der Waals surface area contributed by atoms with Crippen molar-refractivity contribution < 1.29 is 4.74 Å². The van der Waals surface area contributed by atoms with Crippen molar-refractivity contribution in [2.75, 3.05) is 6.61 Å². The van der Waals surface area contributed by atoms with Gasteiger partial charge in [-0.05, 0) is 47.5 Å². The maximum Gasteiger partial charge on any atom is 0.134 e. The van der Waals surface area contributed by atoms with Crippen molar-refractivity contribution in [1.29, 1.82) is 0 Å². The van der Waals surface area contributed by atoms with Gasteiger partial charge in [-0.3, -0.25) is 0 Å². The number of rotatable bonds is 8. The Balaban J connectivity index is 1.74. The van der Waals surface area contributed by atoms with Gasteiger partial charge in [-0.2, -0.15) is 0 Å². The van der Waals surface area contributed by atoms with Gasteiger partial charge in [0.05, 0.1) is 11.1 Å². The Bertz CT molecular complexity index is 871. The van der Waals surface area contributed by atoms with E-state index in [2.05, 4.69) is 54.0 Å². The summed E-state index contributed by atoms with van der Waals surface area (Å²) >= 11 is 5.58. The summed E-state index contributed by atoms with van der Waals surface area (Å²) in [6, 6.07) is 9.16. The highest BCUT2D eigenvalue weighted by atomic mass is 79.9. The van der Waals surface area contributed by atoms with Crippen LogP contribution < -0.4 is 9.92 Å². The van der Waals surface area contributed by atoms with Crippen molar-refractivity contribution in [3.63, 3.8) is 0 Å². The summed E-state index contributed by atoms with van der Waals surface area (Å²) in [5, 5.41) is 4.19. The number of halogens is 1. The minimum absolute atomic E-state index is 0.808. The average Bonchev–Trinajstić information content (AvgIpc) is 2.90. The summed E-state index contributed by atoms with van der Waals surface area (Å²) in [6.07, 6.45) is 7.75. The molecule has 0 aliphatic rings. The zero-order chi connectivity index (χ0) is 17.8. The van der Waals surface area contributed by atoms with Crippen molar-refractivity contribution in [2.24, 2.45) is 0 Å². The Hall–Kier alpha value is -0.843. The average molecular weight is 436 g/mol. The first-order valence-electron chi connectivity index (χ1n) is 9.36. The maximum atomic E-state index is 6.09. The summed E-state index contributed by atoms with van der Waals surface area (Å²) in [5.41, 5.74) is 1.41. The number of ether oxygens (including phenoxy) is 1. The number of benzene rings is 2. The van der Waals surface area contributed by atoms with Gasteiger partial charge in [0.25, 0.3) is 0 Å². The molecule has 0 bridgehead atoms. The van der Waals surface area contributed by atoms with E-state index < -0.39 is 0 Å². The highest BCUT2D eigenvalue weighted by Crippen LogP contribution is 2.39. The predicted molar refractivity (Wildman–Crippen MR) is 120 cm³/mol. The summed E-state index contributed by atoms with van der Waals surface area (Å²) in [6.45, 7) is 5.29. The Morgan fingerprint density at radius 2 is 1.64 bits per heavy atom. The molecule has 0 atom stereocenters. The molecule has 25 heavy (non-hydrogen) atoms. The molecule has 2 aromatic carbocycles. The molecule has 0 N–H and O–H groups in total. The number of aryl methyl sites for hydroxylation is 1. The molecular weight excluding hydrogens is 408 g/mol. The minimum atomic E-state index is 0.808. The zero-order valence-electron chi connectivity index (χ0n) is 15.5. The van der Waals surface area contributed by atoms with Gasteiger partial charge < -0.3 is 4.74 Å². The molecule has 0 aliphatic heterocycles. The van der Waals surface area contributed by atoms with Crippen molar-refractivity contribution in [2.45, 2.75) is 52.4 Å². The Labute approximate surface area is 166 Å². The van der Waals surface area contributed by atoms with Crippen LogP contribution in [-0.2, 0) is 0 Å². The molecule has 3 rings (SSSR count). The summed E-state index contributed by atoms with van der Waals surface area (Å²) in [5.74, 6) is 0.980. The lowest BCUT2D eigenvalue weighted by atomic mass is 10.1. The number of hydrogen-bond donors (Lipinski definition) is 0. The molecule has 0 amide bonds. The van der Waals surface area contributed by atoms with E-state index in [1.54, 1.807) is 0 Å². The third-order valence-corrected chi connectivity index (χ3v) is 7.71. The highest BCUT2D eigenvalue weighted by Gasteiger charge is 2.11. The molecule has 134 valence electrons. The van der Waals surface area contributed by atoms with Gasteiger partial charge in [-0.15, -0.1) is 11.3 Å². The third kappa shape index (κ3) is 4.47. The first kappa shape index (κ1) is 18.9. The SMILES string of the molecule is CCCCCCCCOc1cc2c(cc1Br)sc1cc([SiH3])c(C)cc12. The van der Waals surface area contributed by atoms with E-state index in [-0.39, 0.29) is 0 Å². The fourth-order valence-electron chi connectivity index (χ4n) is 3.21. The predicted octanol–water partition coefficient (Wildman–Crippen LogP) is 5.86. The van der Waals surface area contributed by atoms with Crippen LogP contribution in [0.25, 0.3) is 20.2 Å². The number of unbranched alkanes of at least 4 members (excludes halogenated alkanes) is 5. The number of fused-ring (bicyclic) bond motifs is 3. The second-order valence-electron chi connectivity index (χ2n) is 6.93. The van der Waals surface area contributed by atoms with Crippen LogP contribution in [0.1, 0.15) is 51.0 Å². The van der Waals surface area contributed by atoms with Crippen LogP contribution >= 0.6 is 27.3 Å². The van der Waals surface area contributed by atoms with E-state index in [1.807, 2.05) is 11.3 Å². The van der Waals surface area contributed by atoms with E-state index in [4.69, 9.17) is 4.74 Å². The number of hydrogen-bond acceptors (Lipinski definition) is 2. The van der Waals surface area contributed by atoms with E-state index in [1.165, 1.54) is 63.0 Å². The van der Waals surface area contributed by atoms with Gasteiger partial charge in [-0.25, -0.2) is 0 Å². The minimum Gasteiger partial charge on any atom is -0.492 e. The molecule has 0 saturated carbocycles. The van der Waals surface area contributed by atoms with Crippen LogP contribution in [-0.4, -0.2) is 16.8 Å². The van der Waals surface area contributed by atoms with E-state index in [0.717, 1.165) is 33.5 Å². The van der Waals surface area contributed by atoms with Crippen molar-refractivity contribution >= 4 is 62.9 Å². The molecule has 1 aromatic heterocycles. The Kier molecular flexibility index (Phi) is 6.59. The standard InChI is InChI=1S/C21H27BrOSSi/c1-3-4-5-6-7-8-9-23-18-11-16-15-10-14(2)21(25)13-20(15)24-19(16)12-17(18)22/h10-13H,3-9H2,1-2,25H3. The molecule has 4 heteroatoms. The molecule has 0 aliphatic carbocycles. The van der Waals surface area contributed by atoms with Gasteiger partial charge in [0, 0.05) is 30.4 Å². The van der Waals surface area contributed by atoms with Crippen LogP contribution in [0.3, 0.4) is 0 Å². The fraction of sp³-hybridized carbons (Fsp3) is 0.429. The fourth-order valence-corrected chi connectivity index (χ4v) is 5.67. The van der Waals surface area contributed by atoms with Crippen LogP contribution in [0.2, 0.25) is 0 Å². The van der Waals surface area contributed by atoms with Gasteiger partial charge >= 0.3 is 0 Å². The van der Waals surface area contributed by atoms with Crippen molar-refractivity contribution in [1.82, 2.24) is 0 Å². The lowest BCUT2D eigenvalue weighted by Crippen LogP contribution is -2.05. The third-order valence-electron chi connectivity index (χ3n) is 4.90. The molecule has 3 aromatic rings. The van der Waals surface area contributed by atoms with E-state index >= 15 is 0 Å². The molecule has 0 saturated heterocycles. The quantitative estimate of drug-likeness (QED) is 0.318. The van der Waals surface area contributed by atoms with Gasteiger partial charge in [-0.1, -0.05) is 55.8 Å². The van der Waals surface area contributed by atoms with Crippen LogP contribution in [0, 0.1) is 6.92 Å². The summed E-state index contributed by atoms with van der Waals surface area (Å²) < 4.78 is 9.89. The Morgan fingerprint density at radius 3 is 2.44 bits per heavy atom. The second-order valence-corrected chi connectivity index (χ2v) is 9.95. The van der Waals surface area contributed by atoms with Gasteiger partial charge in [0.15, 0.2) is 0 Å². The lowest BCUT2D eigenvalue weighted by Gasteiger charge is -2.09. The molecule has 1 nitrogen and oxygen atoms in total. The summed E-state index contributed by atoms with van der Waals surface area (Å²) in [7, 11) is 1.11. The monoisotopic (exact) mass is 434 g/mol. The first-order chi connectivity index (χ1) is 12.1. The van der Waals surface area contributed by atoms with Crippen LogP contribution in [0.4, 0.5) is 0 Å². The normalized spacial score (nSPS) is 11.6. The lowest BCUT2D eigenvalue weighted by molar-refractivity contribution is 0.303. The van der Waals surface area contributed by atoms with Crippen molar-refractivity contribution in [3.8, 4) is 5.75 Å². The zero-order valence-corrected chi connectivity index (χ0v) is 19.9. The largest absolute Gasteiger partial charge is 0.492 e. The topological polar surface area (TPSA) is 9.23 Å². The van der Waals surface area contributed by atoms with Crippen LogP contribution in [0.5, 0.6) is 5.75 Å². The molecule has 0 spiro atoms. The van der Waals surface area contributed by atoms with Gasteiger partial charge in [0.2, 0.25) is 0 Å². The van der Waals surface area contributed by atoms with Crippen molar-refractivity contribution in [3.05, 3.63) is 34.3 Å². The second kappa shape index (κ2) is 8.70. The first-order valence-corrected chi connectivity index (χ1v) is 12.0. The molecular formula is C21H27BrOSSi. The molecule has 0 fully saturated rings. The van der Waals surface area contributed by atoms with Crippen LogP contribution in [0.15, 0.2) is 28.7 Å².